The molecule has 0 atom stereocenters. The van der Waals surface area contributed by atoms with E-state index in [0.717, 1.165) is 6.42 Å². The Morgan fingerprint density at radius 1 is 1.47 bits per heavy atom. The molecule has 4 nitrogen and oxygen atoms in total. The molecule has 1 N–H and O–H groups in total. The van der Waals surface area contributed by atoms with Crippen molar-refractivity contribution in [3.8, 4) is 12.3 Å². The summed E-state index contributed by atoms with van der Waals surface area (Å²) in [5.74, 6) is 2.50. The molecule has 92 valence electrons. The van der Waals surface area contributed by atoms with E-state index in [2.05, 4.69) is 15.6 Å². The number of sulfonamides is 1. The summed E-state index contributed by atoms with van der Waals surface area (Å²) < 4.78 is 26.0. The monoisotopic (exact) mass is 272 g/mol. The number of terminal acetylenes is 1. The summed E-state index contributed by atoms with van der Waals surface area (Å²) in [5, 5.41) is 0.153. The molecular formula is C11H13ClN2O2S. The molecule has 17 heavy (non-hydrogen) atoms. The van der Waals surface area contributed by atoms with Crippen LogP contribution in [0.2, 0.25) is 5.15 Å². The standard InChI is InChI=1S/C11H13ClN2O2S/c1-2-3-4-5-7-14-17(15,16)10-6-8-13-11(12)9-10/h1,6,8-9,14H,3-5,7H2. The Bertz CT molecular complexity index is 508. The maximum atomic E-state index is 11.8. The maximum absolute atomic E-state index is 11.8. The summed E-state index contributed by atoms with van der Waals surface area (Å²) in [5.41, 5.74) is 0. The van der Waals surface area contributed by atoms with Gasteiger partial charge in [0.25, 0.3) is 0 Å². The highest BCUT2D eigenvalue weighted by Gasteiger charge is 2.13. The van der Waals surface area contributed by atoms with E-state index in [1.165, 1.54) is 18.3 Å². The van der Waals surface area contributed by atoms with Crippen molar-refractivity contribution in [3.05, 3.63) is 23.5 Å². The predicted molar refractivity (Wildman–Crippen MR) is 67.1 cm³/mol. The van der Waals surface area contributed by atoms with E-state index in [0.29, 0.717) is 19.4 Å². The van der Waals surface area contributed by atoms with Crippen molar-refractivity contribution < 1.29 is 8.42 Å². The van der Waals surface area contributed by atoms with Crippen molar-refractivity contribution in [2.75, 3.05) is 6.54 Å². The molecule has 0 fully saturated rings. The van der Waals surface area contributed by atoms with Gasteiger partial charge in [-0.25, -0.2) is 18.1 Å². The zero-order valence-electron chi connectivity index (χ0n) is 9.19. The van der Waals surface area contributed by atoms with Gasteiger partial charge in [0.05, 0.1) is 4.90 Å². The smallest absolute Gasteiger partial charge is 0.240 e. The van der Waals surface area contributed by atoms with Crippen LogP contribution in [0.5, 0.6) is 0 Å². The highest BCUT2D eigenvalue weighted by atomic mass is 35.5. The zero-order chi connectivity index (χ0) is 12.7. The first-order chi connectivity index (χ1) is 8.06. The minimum absolute atomic E-state index is 0.120. The summed E-state index contributed by atoms with van der Waals surface area (Å²) in [7, 11) is -3.50. The van der Waals surface area contributed by atoms with Gasteiger partial charge in [0.1, 0.15) is 5.15 Å². The van der Waals surface area contributed by atoms with Crippen LogP contribution in [0.4, 0.5) is 0 Å². The van der Waals surface area contributed by atoms with Crippen molar-refractivity contribution >= 4 is 21.6 Å². The van der Waals surface area contributed by atoms with E-state index in [1.54, 1.807) is 0 Å². The predicted octanol–water partition coefficient (Wildman–Crippen LogP) is 1.82. The Labute approximate surface area is 106 Å². The Morgan fingerprint density at radius 2 is 2.24 bits per heavy atom. The molecule has 1 rings (SSSR count). The molecule has 0 spiro atoms. The van der Waals surface area contributed by atoms with Crippen LogP contribution < -0.4 is 4.72 Å². The van der Waals surface area contributed by atoms with Gasteiger partial charge in [0.15, 0.2) is 0 Å². The van der Waals surface area contributed by atoms with Crippen molar-refractivity contribution in [1.82, 2.24) is 9.71 Å². The number of halogens is 1. The minimum Gasteiger partial charge on any atom is -0.244 e. The molecule has 0 saturated heterocycles. The Balaban J connectivity index is 2.55. The lowest BCUT2D eigenvalue weighted by atomic mass is 10.2. The molecular weight excluding hydrogens is 260 g/mol. The molecule has 1 aromatic rings. The molecule has 0 amide bonds. The largest absolute Gasteiger partial charge is 0.244 e. The van der Waals surface area contributed by atoms with Gasteiger partial charge in [-0.3, -0.25) is 0 Å². The first kappa shape index (κ1) is 14.0. The first-order valence-electron chi connectivity index (χ1n) is 5.11. The second-order valence-corrected chi connectivity index (χ2v) is 5.53. The van der Waals surface area contributed by atoms with Crippen LogP contribution in [0.15, 0.2) is 23.2 Å². The molecule has 1 aromatic heterocycles. The van der Waals surface area contributed by atoms with Gasteiger partial charge >= 0.3 is 0 Å². The number of hydrogen-bond donors (Lipinski definition) is 1. The maximum Gasteiger partial charge on any atom is 0.240 e. The Kier molecular flexibility index (Phi) is 5.42. The number of nitrogens with zero attached hydrogens (tertiary/aromatic N) is 1. The summed E-state index contributed by atoms with van der Waals surface area (Å²) in [6, 6.07) is 2.71. The SMILES string of the molecule is C#CCCCCNS(=O)(=O)c1ccnc(Cl)c1. The van der Waals surface area contributed by atoms with E-state index in [-0.39, 0.29) is 10.0 Å². The Morgan fingerprint density at radius 3 is 2.88 bits per heavy atom. The normalized spacial score (nSPS) is 11.1. The summed E-state index contributed by atoms with van der Waals surface area (Å²) in [4.78, 5) is 3.85. The van der Waals surface area contributed by atoms with E-state index in [4.69, 9.17) is 18.0 Å². The lowest BCUT2D eigenvalue weighted by Gasteiger charge is -2.05. The number of pyridine rings is 1. The summed E-state index contributed by atoms with van der Waals surface area (Å²) in [6.45, 7) is 0.365. The van der Waals surface area contributed by atoms with Crippen LogP contribution in [0.25, 0.3) is 0 Å². The molecule has 0 aliphatic carbocycles. The average Bonchev–Trinajstić information content (AvgIpc) is 2.29. The third-order valence-electron chi connectivity index (χ3n) is 2.05. The number of nitrogens with one attached hydrogen (secondary N) is 1. The third kappa shape index (κ3) is 4.73. The first-order valence-corrected chi connectivity index (χ1v) is 6.97. The Hall–Kier alpha value is -1.09. The highest BCUT2D eigenvalue weighted by molar-refractivity contribution is 7.89. The number of rotatable bonds is 6. The van der Waals surface area contributed by atoms with Crippen molar-refractivity contribution in [3.63, 3.8) is 0 Å². The topological polar surface area (TPSA) is 59.1 Å². The fraction of sp³-hybridized carbons (Fsp3) is 0.364. The minimum atomic E-state index is -3.50. The molecule has 0 unspecified atom stereocenters. The van der Waals surface area contributed by atoms with Crippen LogP contribution in [0, 0.1) is 12.3 Å². The second kappa shape index (κ2) is 6.60. The van der Waals surface area contributed by atoms with Gasteiger partial charge in [0.2, 0.25) is 10.0 Å². The number of unbranched alkanes of at least 4 members (excludes halogenated alkanes) is 2. The zero-order valence-corrected chi connectivity index (χ0v) is 10.8. The van der Waals surface area contributed by atoms with Gasteiger partial charge in [-0.2, -0.15) is 0 Å². The molecule has 0 aliphatic rings. The number of aromatic nitrogens is 1. The molecule has 0 aromatic carbocycles. The van der Waals surface area contributed by atoms with Gasteiger partial charge in [-0.15, -0.1) is 12.3 Å². The van der Waals surface area contributed by atoms with Crippen molar-refractivity contribution in [2.45, 2.75) is 24.2 Å². The van der Waals surface area contributed by atoms with Crippen LogP contribution in [-0.2, 0) is 10.0 Å². The van der Waals surface area contributed by atoms with Gasteiger partial charge in [-0.05, 0) is 25.0 Å². The van der Waals surface area contributed by atoms with E-state index < -0.39 is 10.0 Å². The van der Waals surface area contributed by atoms with Crippen LogP contribution in [0.3, 0.4) is 0 Å². The van der Waals surface area contributed by atoms with Gasteiger partial charge in [0, 0.05) is 19.2 Å². The van der Waals surface area contributed by atoms with Crippen LogP contribution >= 0.6 is 11.6 Å². The molecule has 6 heteroatoms. The molecule has 0 radical (unpaired) electrons. The lowest BCUT2D eigenvalue weighted by Crippen LogP contribution is -2.24. The molecule has 1 heterocycles. The van der Waals surface area contributed by atoms with Gasteiger partial charge in [-0.1, -0.05) is 11.6 Å². The van der Waals surface area contributed by atoms with Crippen molar-refractivity contribution in [1.29, 1.82) is 0 Å². The van der Waals surface area contributed by atoms with E-state index in [9.17, 15) is 8.42 Å². The molecule has 0 saturated carbocycles. The summed E-state index contributed by atoms with van der Waals surface area (Å²) in [6.07, 6.45) is 8.62. The van der Waals surface area contributed by atoms with Crippen LogP contribution in [-0.4, -0.2) is 19.9 Å². The lowest BCUT2D eigenvalue weighted by molar-refractivity contribution is 0.577. The number of hydrogen-bond acceptors (Lipinski definition) is 3. The third-order valence-corrected chi connectivity index (χ3v) is 3.71. The average molecular weight is 273 g/mol. The van der Waals surface area contributed by atoms with Gasteiger partial charge < -0.3 is 0 Å². The fourth-order valence-corrected chi connectivity index (χ4v) is 2.52. The highest BCUT2D eigenvalue weighted by Crippen LogP contribution is 2.12. The quantitative estimate of drug-likeness (QED) is 0.488. The van der Waals surface area contributed by atoms with E-state index in [1.807, 2.05) is 0 Å². The fourth-order valence-electron chi connectivity index (χ4n) is 1.19. The summed E-state index contributed by atoms with van der Waals surface area (Å²) >= 11 is 5.63. The van der Waals surface area contributed by atoms with Crippen molar-refractivity contribution in [2.24, 2.45) is 0 Å². The molecule has 0 bridgehead atoms. The van der Waals surface area contributed by atoms with Crippen LogP contribution in [0.1, 0.15) is 19.3 Å². The molecule has 0 aliphatic heterocycles. The van der Waals surface area contributed by atoms with E-state index >= 15 is 0 Å². The second-order valence-electron chi connectivity index (χ2n) is 3.37.